The molecule has 0 bridgehead atoms. The number of hydrogen-bond acceptors (Lipinski definition) is 1. The molecule has 0 aliphatic carbocycles. The van der Waals surface area contributed by atoms with Crippen molar-refractivity contribution in [2.24, 2.45) is 0 Å². The minimum absolute atomic E-state index is 0.500. The molecule has 2 heterocycles. The van der Waals surface area contributed by atoms with Crippen LogP contribution in [0.1, 0.15) is 5.56 Å². The van der Waals surface area contributed by atoms with Gasteiger partial charge in [-0.3, -0.25) is 4.98 Å². The molecule has 0 radical (unpaired) electrons. The van der Waals surface area contributed by atoms with Crippen LogP contribution in [-0.4, -0.2) is 9.97 Å². The zero-order valence-corrected chi connectivity index (χ0v) is 9.70. The molecule has 19 heavy (non-hydrogen) atoms. The fraction of sp³-hybridized carbons (Fsp3) is 0.0714. The number of H-pyrrole nitrogens is 1. The second kappa shape index (κ2) is 4.12. The van der Waals surface area contributed by atoms with E-state index in [9.17, 15) is 13.2 Å². The van der Waals surface area contributed by atoms with Crippen LogP contribution >= 0.6 is 0 Å². The molecule has 0 fully saturated rings. The standard InChI is InChI=1S/C14H9F3N2/c15-14(16,17)10-4-1-3-9(7-10)11-8-19-12-5-2-6-18-13(11)12/h1-8,19H. The van der Waals surface area contributed by atoms with Gasteiger partial charge in [0.25, 0.3) is 0 Å². The highest BCUT2D eigenvalue weighted by atomic mass is 19.4. The second-order valence-corrected chi connectivity index (χ2v) is 4.18. The van der Waals surface area contributed by atoms with Gasteiger partial charge in [-0.25, -0.2) is 0 Å². The van der Waals surface area contributed by atoms with E-state index in [1.54, 1.807) is 24.5 Å². The van der Waals surface area contributed by atoms with Crippen LogP contribution in [0.5, 0.6) is 0 Å². The molecule has 0 aliphatic rings. The first-order valence-corrected chi connectivity index (χ1v) is 5.65. The smallest absolute Gasteiger partial charge is 0.359 e. The number of benzene rings is 1. The Balaban J connectivity index is 2.17. The van der Waals surface area contributed by atoms with E-state index in [2.05, 4.69) is 9.97 Å². The Hall–Kier alpha value is -2.30. The third kappa shape index (κ3) is 2.07. The lowest BCUT2D eigenvalue weighted by molar-refractivity contribution is -0.137. The molecule has 0 saturated heterocycles. The van der Waals surface area contributed by atoms with Crippen LogP contribution in [0.25, 0.3) is 22.2 Å². The summed E-state index contributed by atoms with van der Waals surface area (Å²) in [5.74, 6) is 0. The number of nitrogens with one attached hydrogen (secondary N) is 1. The summed E-state index contributed by atoms with van der Waals surface area (Å²) >= 11 is 0. The van der Waals surface area contributed by atoms with Crippen LogP contribution < -0.4 is 0 Å². The van der Waals surface area contributed by atoms with Crippen molar-refractivity contribution in [1.82, 2.24) is 9.97 Å². The molecule has 1 aromatic carbocycles. The van der Waals surface area contributed by atoms with Gasteiger partial charge in [-0.2, -0.15) is 13.2 Å². The summed E-state index contributed by atoms with van der Waals surface area (Å²) in [4.78, 5) is 7.20. The molecule has 3 aromatic rings. The molecule has 0 saturated carbocycles. The SMILES string of the molecule is FC(F)(F)c1cccc(-c2c[nH]c3cccnc23)c1. The lowest BCUT2D eigenvalue weighted by Gasteiger charge is -2.08. The highest BCUT2D eigenvalue weighted by Crippen LogP contribution is 2.33. The van der Waals surface area contributed by atoms with Crippen LogP contribution in [0.4, 0.5) is 13.2 Å². The van der Waals surface area contributed by atoms with Crippen molar-refractivity contribution in [3.05, 3.63) is 54.4 Å². The maximum Gasteiger partial charge on any atom is 0.416 e. The van der Waals surface area contributed by atoms with E-state index in [1.807, 2.05) is 6.07 Å². The topological polar surface area (TPSA) is 28.7 Å². The first kappa shape index (κ1) is 11.8. The third-order valence-corrected chi connectivity index (χ3v) is 2.94. The summed E-state index contributed by atoms with van der Waals surface area (Å²) < 4.78 is 38.1. The van der Waals surface area contributed by atoms with Gasteiger partial charge in [-0.15, -0.1) is 0 Å². The first-order valence-electron chi connectivity index (χ1n) is 5.65. The van der Waals surface area contributed by atoms with Crippen molar-refractivity contribution < 1.29 is 13.2 Å². The molecule has 96 valence electrons. The van der Waals surface area contributed by atoms with Crippen molar-refractivity contribution in [2.45, 2.75) is 6.18 Å². The van der Waals surface area contributed by atoms with E-state index in [0.29, 0.717) is 16.6 Å². The molecular formula is C14H9F3N2. The van der Waals surface area contributed by atoms with Gasteiger partial charge >= 0.3 is 6.18 Å². The number of alkyl halides is 3. The Morgan fingerprint density at radius 3 is 2.68 bits per heavy atom. The number of halogens is 3. The number of rotatable bonds is 1. The maximum atomic E-state index is 12.7. The van der Waals surface area contributed by atoms with E-state index < -0.39 is 11.7 Å². The predicted molar refractivity (Wildman–Crippen MR) is 66.5 cm³/mol. The Bertz CT molecular complexity index is 729. The predicted octanol–water partition coefficient (Wildman–Crippen LogP) is 4.25. The summed E-state index contributed by atoms with van der Waals surface area (Å²) in [5, 5.41) is 0. The molecular weight excluding hydrogens is 253 g/mol. The van der Waals surface area contributed by atoms with E-state index in [4.69, 9.17) is 0 Å². The van der Waals surface area contributed by atoms with Crippen LogP contribution in [0.3, 0.4) is 0 Å². The van der Waals surface area contributed by atoms with E-state index in [0.717, 1.165) is 17.6 Å². The number of hydrogen-bond donors (Lipinski definition) is 1. The number of aromatic nitrogens is 2. The number of pyridine rings is 1. The minimum Gasteiger partial charge on any atom is -0.359 e. The Labute approximate surface area is 106 Å². The summed E-state index contributed by atoms with van der Waals surface area (Å²) in [6.07, 6.45) is -1.05. The molecule has 0 aliphatic heterocycles. The zero-order chi connectivity index (χ0) is 13.5. The summed E-state index contributed by atoms with van der Waals surface area (Å²) in [7, 11) is 0. The highest BCUT2D eigenvalue weighted by molar-refractivity contribution is 5.92. The number of aromatic amines is 1. The molecule has 2 aromatic heterocycles. The third-order valence-electron chi connectivity index (χ3n) is 2.94. The average molecular weight is 262 g/mol. The van der Waals surface area contributed by atoms with Gasteiger partial charge in [0.15, 0.2) is 0 Å². The fourth-order valence-corrected chi connectivity index (χ4v) is 2.04. The molecule has 5 heteroatoms. The molecule has 0 spiro atoms. The lowest BCUT2D eigenvalue weighted by Crippen LogP contribution is -2.04. The normalized spacial score (nSPS) is 11.9. The van der Waals surface area contributed by atoms with Crippen LogP contribution in [0.2, 0.25) is 0 Å². The van der Waals surface area contributed by atoms with Crippen LogP contribution in [-0.2, 0) is 6.18 Å². The highest BCUT2D eigenvalue weighted by Gasteiger charge is 2.30. The monoisotopic (exact) mass is 262 g/mol. The van der Waals surface area contributed by atoms with Gasteiger partial charge in [0, 0.05) is 18.0 Å². The van der Waals surface area contributed by atoms with Gasteiger partial charge in [-0.05, 0) is 29.8 Å². The molecule has 2 nitrogen and oxygen atoms in total. The van der Waals surface area contributed by atoms with E-state index in [-0.39, 0.29) is 0 Å². The number of nitrogens with zero attached hydrogens (tertiary/aromatic N) is 1. The molecule has 0 unspecified atom stereocenters. The van der Waals surface area contributed by atoms with Gasteiger partial charge in [0.1, 0.15) is 0 Å². The van der Waals surface area contributed by atoms with Gasteiger partial charge in [-0.1, -0.05) is 12.1 Å². The average Bonchev–Trinajstić information content (AvgIpc) is 2.82. The Kier molecular flexibility index (Phi) is 2.55. The Morgan fingerprint density at radius 1 is 1.05 bits per heavy atom. The largest absolute Gasteiger partial charge is 0.416 e. The minimum atomic E-state index is -4.34. The Morgan fingerprint density at radius 2 is 1.89 bits per heavy atom. The molecule has 0 amide bonds. The van der Waals surface area contributed by atoms with Gasteiger partial charge < -0.3 is 4.98 Å². The molecule has 0 atom stereocenters. The maximum absolute atomic E-state index is 12.7. The van der Waals surface area contributed by atoms with Crippen LogP contribution in [0, 0.1) is 0 Å². The van der Waals surface area contributed by atoms with Crippen molar-refractivity contribution in [2.75, 3.05) is 0 Å². The summed E-state index contributed by atoms with van der Waals surface area (Å²) in [5.41, 5.74) is 1.98. The van der Waals surface area contributed by atoms with Crippen LogP contribution in [0.15, 0.2) is 48.8 Å². The quantitative estimate of drug-likeness (QED) is 0.697. The molecule has 3 rings (SSSR count). The van der Waals surface area contributed by atoms with Crippen molar-refractivity contribution in [3.8, 4) is 11.1 Å². The second-order valence-electron chi connectivity index (χ2n) is 4.18. The lowest BCUT2D eigenvalue weighted by atomic mass is 10.0. The van der Waals surface area contributed by atoms with E-state index >= 15 is 0 Å². The van der Waals surface area contributed by atoms with Gasteiger partial charge in [0.05, 0.1) is 16.6 Å². The molecule has 1 N–H and O–H groups in total. The number of fused-ring (bicyclic) bond motifs is 1. The van der Waals surface area contributed by atoms with E-state index in [1.165, 1.54) is 6.07 Å². The van der Waals surface area contributed by atoms with Gasteiger partial charge in [0.2, 0.25) is 0 Å². The summed E-state index contributed by atoms with van der Waals surface area (Å²) in [6.45, 7) is 0. The van der Waals surface area contributed by atoms with Crippen molar-refractivity contribution in [1.29, 1.82) is 0 Å². The zero-order valence-electron chi connectivity index (χ0n) is 9.70. The summed E-state index contributed by atoms with van der Waals surface area (Å²) in [6, 6.07) is 8.85. The fourth-order valence-electron chi connectivity index (χ4n) is 2.04. The van der Waals surface area contributed by atoms with Crippen molar-refractivity contribution >= 4 is 11.0 Å². The first-order chi connectivity index (χ1) is 9.05. The van der Waals surface area contributed by atoms with Crippen molar-refractivity contribution in [3.63, 3.8) is 0 Å².